The Morgan fingerprint density at radius 2 is 2.08 bits per heavy atom. The Kier molecular flexibility index (Phi) is 2.11. The first-order valence-corrected chi connectivity index (χ1v) is 4.18. The predicted octanol–water partition coefficient (Wildman–Crippen LogP) is 2.19. The van der Waals surface area contributed by atoms with E-state index in [1.807, 2.05) is 36.4 Å². The van der Waals surface area contributed by atoms with Crippen molar-refractivity contribution in [3.8, 4) is 6.07 Å². The van der Waals surface area contributed by atoms with Crippen LogP contribution in [0.3, 0.4) is 0 Å². The molecule has 0 radical (unpaired) electrons. The maximum Gasteiger partial charge on any atom is 0.101 e. The van der Waals surface area contributed by atoms with E-state index in [9.17, 15) is 0 Å². The van der Waals surface area contributed by atoms with Crippen molar-refractivity contribution in [1.82, 2.24) is 0 Å². The molecule has 1 heterocycles. The lowest BCUT2D eigenvalue weighted by Crippen LogP contribution is -1.95. The molecule has 64 valence electrons. The molecule has 0 amide bonds. The van der Waals surface area contributed by atoms with Crippen molar-refractivity contribution in [3.05, 3.63) is 47.5 Å². The molecule has 0 bridgehead atoms. The van der Waals surface area contributed by atoms with E-state index < -0.39 is 0 Å². The Hall–Kier alpha value is -1.59. The third-order valence-electron chi connectivity index (χ3n) is 2.05. The number of ether oxygens (including phenoxy) is 1. The highest BCUT2D eigenvalue weighted by molar-refractivity contribution is 5.33. The first-order valence-electron chi connectivity index (χ1n) is 4.18. The van der Waals surface area contributed by atoms with E-state index >= 15 is 0 Å². The summed E-state index contributed by atoms with van der Waals surface area (Å²) in [5.74, 6) is 0. The molecule has 0 N–H and O–H groups in total. The quantitative estimate of drug-likeness (QED) is 0.607. The van der Waals surface area contributed by atoms with Crippen molar-refractivity contribution < 1.29 is 4.74 Å². The van der Waals surface area contributed by atoms with E-state index in [4.69, 9.17) is 10.00 Å². The Labute approximate surface area is 77.1 Å². The molecule has 0 fully saturated rings. The molecule has 0 spiro atoms. The number of nitriles is 1. The van der Waals surface area contributed by atoms with Gasteiger partial charge in [0.15, 0.2) is 0 Å². The maximum atomic E-state index is 8.60. The van der Waals surface area contributed by atoms with Gasteiger partial charge in [0, 0.05) is 0 Å². The number of hydrogen-bond acceptors (Lipinski definition) is 2. The van der Waals surface area contributed by atoms with Gasteiger partial charge in [-0.15, -0.1) is 0 Å². The van der Waals surface area contributed by atoms with E-state index in [2.05, 4.69) is 6.07 Å². The second kappa shape index (κ2) is 3.42. The van der Waals surface area contributed by atoms with Gasteiger partial charge in [0.25, 0.3) is 0 Å². The lowest BCUT2D eigenvalue weighted by Gasteiger charge is -2.07. The molecule has 1 aliphatic heterocycles. The fourth-order valence-corrected chi connectivity index (χ4v) is 1.35. The minimum absolute atomic E-state index is 0.0766. The Morgan fingerprint density at radius 3 is 2.62 bits per heavy atom. The first kappa shape index (κ1) is 8.03. The summed E-state index contributed by atoms with van der Waals surface area (Å²) >= 11 is 0. The summed E-state index contributed by atoms with van der Waals surface area (Å²) in [6, 6.07) is 9.57. The van der Waals surface area contributed by atoms with Gasteiger partial charge in [0.05, 0.1) is 18.2 Å². The summed E-state index contributed by atoms with van der Waals surface area (Å²) in [4.78, 5) is 0. The third kappa shape index (κ3) is 1.61. The molecule has 0 aliphatic carbocycles. The van der Waals surface area contributed by atoms with Gasteiger partial charge in [-0.25, -0.2) is 0 Å². The van der Waals surface area contributed by atoms with E-state index in [1.165, 1.54) is 0 Å². The lowest BCUT2D eigenvalue weighted by molar-refractivity contribution is 0.129. The van der Waals surface area contributed by atoms with Crippen molar-refractivity contribution in [1.29, 1.82) is 5.26 Å². The molecule has 2 nitrogen and oxygen atoms in total. The number of hydrogen-bond donors (Lipinski definition) is 0. The molecular weight excluding hydrogens is 162 g/mol. The fourth-order valence-electron chi connectivity index (χ4n) is 1.35. The molecule has 1 atom stereocenters. The molecule has 0 aromatic heterocycles. The van der Waals surface area contributed by atoms with E-state index in [1.54, 1.807) is 0 Å². The zero-order valence-electron chi connectivity index (χ0n) is 7.10. The average molecular weight is 171 g/mol. The van der Waals surface area contributed by atoms with Gasteiger partial charge in [-0.1, -0.05) is 24.3 Å². The summed E-state index contributed by atoms with van der Waals surface area (Å²) in [6.07, 6.45) is 4.11. The predicted molar refractivity (Wildman–Crippen MR) is 49.0 cm³/mol. The van der Waals surface area contributed by atoms with Crippen molar-refractivity contribution in [2.24, 2.45) is 0 Å². The van der Waals surface area contributed by atoms with Gasteiger partial charge in [-0.3, -0.25) is 0 Å². The van der Waals surface area contributed by atoms with Crippen LogP contribution in [-0.2, 0) is 4.74 Å². The fraction of sp³-hybridized carbons (Fsp3) is 0.182. The topological polar surface area (TPSA) is 33.0 Å². The Balaban J connectivity index is 2.23. The monoisotopic (exact) mass is 171 g/mol. The van der Waals surface area contributed by atoms with Gasteiger partial charge >= 0.3 is 0 Å². The van der Waals surface area contributed by atoms with Gasteiger partial charge in [0.1, 0.15) is 6.10 Å². The average Bonchev–Trinajstić information content (AvgIpc) is 2.71. The van der Waals surface area contributed by atoms with Crippen LogP contribution in [0.5, 0.6) is 0 Å². The Bertz CT molecular complexity index is 359. The van der Waals surface area contributed by atoms with Gasteiger partial charge in [0.2, 0.25) is 0 Å². The normalized spacial score (nSPS) is 20.1. The van der Waals surface area contributed by atoms with Crippen LogP contribution < -0.4 is 0 Å². The lowest BCUT2D eigenvalue weighted by atomic mass is 10.1. The third-order valence-corrected chi connectivity index (χ3v) is 2.05. The zero-order valence-corrected chi connectivity index (χ0v) is 7.10. The van der Waals surface area contributed by atoms with Crippen molar-refractivity contribution in [3.63, 3.8) is 0 Å². The van der Waals surface area contributed by atoms with Crippen molar-refractivity contribution in [2.75, 3.05) is 6.61 Å². The molecule has 13 heavy (non-hydrogen) atoms. The van der Waals surface area contributed by atoms with Gasteiger partial charge < -0.3 is 4.74 Å². The van der Waals surface area contributed by atoms with Crippen LogP contribution in [0.1, 0.15) is 17.2 Å². The Morgan fingerprint density at radius 1 is 1.31 bits per heavy atom. The molecule has 2 heteroatoms. The zero-order chi connectivity index (χ0) is 9.10. The van der Waals surface area contributed by atoms with Crippen LogP contribution in [0.4, 0.5) is 0 Å². The summed E-state index contributed by atoms with van der Waals surface area (Å²) in [5, 5.41) is 8.60. The molecule has 0 saturated heterocycles. The number of rotatable bonds is 1. The van der Waals surface area contributed by atoms with E-state index in [0.29, 0.717) is 12.2 Å². The summed E-state index contributed by atoms with van der Waals surface area (Å²) in [7, 11) is 0. The molecule has 1 aromatic carbocycles. The molecule has 2 rings (SSSR count). The van der Waals surface area contributed by atoms with E-state index in [0.717, 1.165) is 5.56 Å². The highest BCUT2D eigenvalue weighted by Crippen LogP contribution is 2.22. The van der Waals surface area contributed by atoms with Crippen LogP contribution in [0, 0.1) is 11.3 Å². The summed E-state index contributed by atoms with van der Waals surface area (Å²) < 4.78 is 5.42. The first-order chi connectivity index (χ1) is 6.40. The van der Waals surface area contributed by atoms with Crippen LogP contribution in [0.15, 0.2) is 36.4 Å². The summed E-state index contributed by atoms with van der Waals surface area (Å²) in [6.45, 7) is 0.685. The number of benzene rings is 1. The van der Waals surface area contributed by atoms with Gasteiger partial charge in [-0.05, 0) is 17.7 Å². The standard InChI is InChI=1S/C11H9NO/c12-8-9-3-5-10(6-4-9)11-2-1-7-13-11/h1-6,11H,7H2. The largest absolute Gasteiger partial charge is 0.365 e. The van der Waals surface area contributed by atoms with Crippen LogP contribution in [0.25, 0.3) is 0 Å². The van der Waals surface area contributed by atoms with Crippen LogP contribution in [-0.4, -0.2) is 6.61 Å². The molecule has 1 unspecified atom stereocenters. The number of nitrogens with zero attached hydrogens (tertiary/aromatic N) is 1. The summed E-state index contributed by atoms with van der Waals surface area (Å²) in [5.41, 5.74) is 1.79. The molecule has 1 aromatic rings. The van der Waals surface area contributed by atoms with Crippen molar-refractivity contribution >= 4 is 0 Å². The highest BCUT2D eigenvalue weighted by Gasteiger charge is 2.11. The second-order valence-electron chi connectivity index (χ2n) is 2.92. The maximum absolute atomic E-state index is 8.60. The SMILES string of the molecule is N#Cc1ccc(C2C=CCO2)cc1. The smallest absolute Gasteiger partial charge is 0.101 e. The second-order valence-corrected chi connectivity index (χ2v) is 2.92. The van der Waals surface area contributed by atoms with Crippen molar-refractivity contribution in [2.45, 2.75) is 6.10 Å². The molecule has 0 saturated carbocycles. The van der Waals surface area contributed by atoms with Crippen LogP contribution in [0.2, 0.25) is 0 Å². The minimum atomic E-state index is 0.0766. The highest BCUT2D eigenvalue weighted by atomic mass is 16.5. The molecule has 1 aliphatic rings. The van der Waals surface area contributed by atoms with Crippen LogP contribution >= 0.6 is 0 Å². The molecular formula is C11H9NO. The van der Waals surface area contributed by atoms with Gasteiger partial charge in [-0.2, -0.15) is 5.26 Å². The van der Waals surface area contributed by atoms with E-state index in [-0.39, 0.29) is 6.10 Å². The minimum Gasteiger partial charge on any atom is -0.365 e.